The van der Waals surface area contributed by atoms with E-state index in [0.29, 0.717) is 11.3 Å². The van der Waals surface area contributed by atoms with E-state index in [-0.39, 0.29) is 29.5 Å². The first-order valence-corrected chi connectivity index (χ1v) is 8.21. The molecule has 3 rings (SSSR count). The van der Waals surface area contributed by atoms with Crippen LogP contribution in [0, 0.1) is 0 Å². The van der Waals surface area contributed by atoms with Gasteiger partial charge in [-0.1, -0.05) is 6.07 Å². The minimum Gasteiger partial charge on any atom is -0.443 e. The van der Waals surface area contributed by atoms with Gasteiger partial charge in [0.25, 0.3) is 5.91 Å². The van der Waals surface area contributed by atoms with Crippen LogP contribution in [0.25, 0.3) is 11.1 Å². The van der Waals surface area contributed by atoms with E-state index in [4.69, 9.17) is 4.42 Å². The second-order valence-electron chi connectivity index (χ2n) is 7.01. The molecular weight excluding hydrogens is 332 g/mol. The van der Waals surface area contributed by atoms with Crippen molar-refractivity contribution in [1.29, 1.82) is 0 Å². The summed E-state index contributed by atoms with van der Waals surface area (Å²) in [7, 11) is 0. The monoisotopic (exact) mass is 352 g/mol. The third kappa shape index (κ3) is 4.44. The van der Waals surface area contributed by atoms with Gasteiger partial charge in [-0.05, 0) is 50.6 Å². The molecule has 7 nitrogen and oxygen atoms in total. The van der Waals surface area contributed by atoms with Gasteiger partial charge in [-0.2, -0.15) is 0 Å². The first kappa shape index (κ1) is 17.6. The molecule has 2 heterocycles. The Bertz CT molecular complexity index is 957. The van der Waals surface area contributed by atoms with Crippen LogP contribution in [0.15, 0.2) is 47.3 Å². The second kappa shape index (κ2) is 6.95. The fraction of sp³-hybridized carbons (Fsp3) is 0.263. The summed E-state index contributed by atoms with van der Waals surface area (Å²) >= 11 is 0. The maximum absolute atomic E-state index is 12.3. The fourth-order valence-electron chi connectivity index (χ4n) is 2.44. The number of hydrogen-bond acceptors (Lipinski definition) is 5. The topological polar surface area (TPSA) is 97.1 Å². The highest BCUT2D eigenvalue weighted by molar-refractivity contribution is 5.96. The predicted octanol–water partition coefficient (Wildman–Crippen LogP) is 2.93. The minimum atomic E-state index is -0.364. The van der Waals surface area contributed by atoms with Crippen molar-refractivity contribution in [2.24, 2.45) is 0 Å². The van der Waals surface area contributed by atoms with E-state index in [1.165, 1.54) is 12.6 Å². The highest BCUT2D eigenvalue weighted by Gasteiger charge is 2.17. The van der Waals surface area contributed by atoms with Crippen LogP contribution in [0.4, 0.5) is 5.69 Å². The highest BCUT2D eigenvalue weighted by atomic mass is 16.3. The lowest BCUT2D eigenvalue weighted by Gasteiger charge is -2.20. The number of carbonyl (C=O) groups is 2. The van der Waals surface area contributed by atoms with Crippen molar-refractivity contribution in [1.82, 2.24) is 15.3 Å². The molecule has 0 fully saturated rings. The maximum Gasteiger partial charge on any atom is 0.270 e. The van der Waals surface area contributed by atoms with Gasteiger partial charge in [0.2, 0.25) is 5.91 Å². The van der Waals surface area contributed by atoms with Gasteiger partial charge in [0.05, 0.1) is 6.42 Å². The second-order valence-corrected chi connectivity index (χ2v) is 7.01. The van der Waals surface area contributed by atoms with Crippen LogP contribution in [0.3, 0.4) is 0 Å². The largest absolute Gasteiger partial charge is 0.443 e. The molecule has 134 valence electrons. The molecule has 0 saturated carbocycles. The summed E-state index contributed by atoms with van der Waals surface area (Å²) in [5.41, 5.74) is 2.60. The van der Waals surface area contributed by atoms with Crippen LogP contribution in [0.5, 0.6) is 0 Å². The molecule has 0 aliphatic carbocycles. The Hall–Kier alpha value is -3.22. The number of aromatic nitrogens is 2. The number of nitrogens with zero attached hydrogens (tertiary/aromatic N) is 2. The lowest BCUT2D eigenvalue weighted by Crippen LogP contribution is -2.40. The van der Waals surface area contributed by atoms with Crippen LogP contribution < -0.4 is 10.6 Å². The highest BCUT2D eigenvalue weighted by Crippen LogP contribution is 2.16. The molecule has 2 aromatic heterocycles. The third-order valence-corrected chi connectivity index (χ3v) is 3.53. The van der Waals surface area contributed by atoms with Crippen molar-refractivity contribution >= 4 is 28.6 Å². The van der Waals surface area contributed by atoms with Crippen molar-refractivity contribution < 1.29 is 14.0 Å². The Kier molecular flexibility index (Phi) is 4.71. The van der Waals surface area contributed by atoms with Gasteiger partial charge in [-0.15, -0.1) is 0 Å². The van der Waals surface area contributed by atoms with E-state index >= 15 is 0 Å². The van der Waals surface area contributed by atoms with Crippen LogP contribution in [-0.2, 0) is 11.2 Å². The number of benzene rings is 1. The van der Waals surface area contributed by atoms with Gasteiger partial charge in [-0.25, -0.2) is 4.98 Å². The summed E-state index contributed by atoms with van der Waals surface area (Å²) < 4.78 is 5.24. The van der Waals surface area contributed by atoms with Crippen molar-refractivity contribution in [3.63, 3.8) is 0 Å². The number of pyridine rings is 1. The first-order chi connectivity index (χ1) is 12.3. The number of carbonyl (C=O) groups excluding carboxylic acids is 2. The van der Waals surface area contributed by atoms with Gasteiger partial charge in [0.15, 0.2) is 12.0 Å². The lowest BCUT2D eigenvalue weighted by atomic mass is 10.1. The summed E-state index contributed by atoms with van der Waals surface area (Å²) in [6, 6.07) is 8.63. The van der Waals surface area contributed by atoms with E-state index in [0.717, 1.165) is 11.1 Å². The van der Waals surface area contributed by atoms with Crippen LogP contribution in [-0.4, -0.2) is 27.3 Å². The summed E-state index contributed by atoms with van der Waals surface area (Å²) in [5, 5.41) is 5.63. The van der Waals surface area contributed by atoms with Crippen molar-refractivity contribution in [3.05, 3.63) is 54.2 Å². The zero-order valence-corrected chi connectivity index (χ0v) is 14.9. The lowest BCUT2D eigenvalue weighted by molar-refractivity contribution is -0.115. The number of oxazole rings is 1. The molecule has 0 aliphatic heterocycles. The van der Waals surface area contributed by atoms with Gasteiger partial charge >= 0.3 is 0 Å². The Morgan fingerprint density at radius 2 is 1.92 bits per heavy atom. The van der Waals surface area contributed by atoms with Gasteiger partial charge in [0, 0.05) is 17.4 Å². The molecule has 1 aromatic carbocycles. The maximum atomic E-state index is 12.3. The fourth-order valence-corrected chi connectivity index (χ4v) is 2.44. The van der Waals surface area contributed by atoms with E-state index in [1.54, 1.807) is 18.2 Å². The molecule has 0 radical (unpaired) electrons. The van der Waals surface area contributed by atoms with Gasteiger partial charge in [-0.3, -0.25) is 14.6 Å². The average Bonchev–Trinajstić information content (AvgIpc) is 3.01. The van der Waals surface area contributed by atoms with Gasteiger partial charge in [0.1, 0.15) is 11.2 Å². The number of nitrogens with one attached hydrogen (secondary N) is 2. The first-order valence-electron chi connectivity index (χ1n) is 8.21. The quantitative estimate of drug-likeness (QED) is 0.752. The number of rotatable bonds is 4. The smallest absolute Gasteiger partial charge is 0.270 e. The predicted molar refractivity (Wildman–Crippen MR) is 97.8 cm³/mol. The Balaban J connectivity index is 1.67. The molecule has 0 bridgehead atoms. The molecule has 0 saturated heterocycles. The number of hydrogen-bond donors (Lipinski definition) is 2. The summed E-state index contributed by atoms with van der Waals surface area (Å²) in [5.74, 6) is -0.485. The number of amides is 2. The van der Waals surface area contributed by atoms with E-state index < -0.39 is 0 Å². The molecule has 0 unspecified atom stereocenters. The minimum absolute atomic E-state index is 0.183. The number of anilines is 1. The molecule has 7 heteroatoms. The van der Waals surface area contributed by atoms with Crippen LogP contribution in [0.2, 0.25) is 0 Å². The molecule has 0 atom stereocenters. The zero-order valence-electron chi connectivity index (χ0n) is 14.9. The standard InChI is InChI=1S/C19H20N4O3/c1-19(2,3)23-18(25)15-10-13(6-7-20-15)22-17(24)9-12-4-5-14-16(8-12)26-11-21-14/h4-8,10-11H,9H2,1-3H3,(H,23,25)(H,20,22,24). The van der Waals surface area contributed by atoms with E-state index in [1.807, 2.05) is 32.9 Å². The molecular formula is C19H20N4O3. The summed E-state index contributed by atoms with van der Waals surface area (Å²) in [6.07, 6.45) is 3.05. The molecule has 2 N–H and O–H groups in total. The zero-order chi connectivity index (χ0) is 18.7. The Morgan fingerprint density at radius 3 is 2.69 bits per heavy atom. The Labute approximate surface area is 150 Å². The summed E-state index contributed by atoms with van der Waals surface area (Å²) in [4.78, 5) is 32.6. The Morgan fingerprint density at radius 1 is 1.12 bits per heavy atom. The number of fused-ring (bicyclic) bond motifs is 1. The average molecular weight is 352 g/mol. The third-order valence-electron chi connectivity index (χ3n) is 3.53. The molecule has 2 amide bonds. The molecule has 26 heavy (non-hydrogen) atoms. The van der Waals surface area contributed by atoms with Gasteiger partial charge < -0.3 is 15.1 Å². The molecule has 0 spiro atoms. The molecule has 3 aromatic rings. The van der Waals surface area contributed by atoms with E-state index in [9.17, 15) is 9.59 Å². The van der Waals surface area contributed by atoms with E-state index in [2.05, 4.69) is 20.6 Å². The molecule has 0 aliphatic rings. The van der Waals surface area contributed by atoms with Crippen molar-refractivity contribution in [2.45, 2.75) is 32.7 Å². The van der Waals surface area contributed by atoms with Crippen molar-refractivity contribution in [3.8, 4) is 0 Å². The van der Waals surface area contributed by atoms with Crippen molar-refractivity contribution in [2.75, 3.05) is 5.32 Å². The van der Waals surface area contributed by atoms with Crippen LogP contribution >= 0.6 is 0 Å². The SMILES string of the molecule is CC(C)(C)NC(=O)c1cc(NC(=O)Cc2ccc3ncoc3c2)ccn1. The normalized spacial score (nSPS) is 11.3. The van der Waals surface area contributed by atoms with Crippen LogP contribution in [0.1, 0.15) is 36.8 Å². The summed E-state index contributed by atoms with van der Waals surface area (Å²) in [6.45, 7) is 5.67.